The summed E-state index contributed by atoms with van der Waals surface area (Å²) in [6.07, 6.45) is 2.86. The molecule has 28 heavy (non-hydrogen) atoms. The summed E-state index contributed by atoms with van der Waals surface area (Å²) in [5, 5.41) is 9.25. The molecule has 4 rings (SSSR count). The fourth-order valence-corrected chi connectivity index (χ4v) is 3.93. The van der Waals surface area contributed by atoms with E-state index < -0.39 is 11.5 Å². The van der Waals surface area contributed by atoms with Gasteiger partial charge in [-0.05, 0) is 12.1 Å². The summed E-state index contributed by atoms with van der Waals surface area (Å²) in [5.41, 5.74) is 1.74. The zero-order valence-electron chi connectivity index (χ0n) is 14.5. The smallest absolute Gasteiger partial charge is 0.271 e. The molecule has 0 fully saturated rings. The third-order valence-corrected chi connectivity index (χ3v) is 5.34. The Hall–Kier alpha value is -3.37. The van der Waals surface area contributed by atoms with E-state index in [4.69, 9.17) is 0 Å². The van der Waals surface area contributed by atoms with Gasteiger partial charge in [0.15, 0.2) is 10.1 Å². The Balaban J connectivity index is 1.52. The summed E-state index contributed by atoms with van der Waals surface area (Å²) in [7, 11) is 0. The van der Waals surface area contributed by atoms with Crippen LogP contribution in [0.15, 0.2) is 52.2 Å². The number of hydrogen-bond acceptors (Lipinski definition) is 7. The molecule has 4 aromatic rings. The summed E-state index contributed by atoms with van der Waals surface area (Å²) >= 11 is 2.57. The molecular formula is C18H13N5O3S2. The SMILES string of the molecule is CC(=O)Nc1ccc(-c2csc(NC(=O)c3cnc4sccn4c3=O)n2)cc1. The van der Waals surface area contributed by atoms with Gasteiger partial charge in [-0.15, -0.1) is 22.7 Å². The van der Waals surface area contributed by atoms with E-state index in [1.54, 1.807) is 29.1 Å². The molecule has 10 heteroatoms. The Labute approximate surface area is 166 Å². The van der Waals surface area contributed by atoms with E-state index in [1.165, 1.54) is 40.2 Å². The highest BCUT2D eigenvalue weighted by molar-refractivity contribution is 7.15. The van der Waals surface area contributed by atoms with Crippen LogP contribution in [0.3, 0.4) is 0 Å². The van der Waals surface area contributed by atoms with Crippen LogP contribution in [0.4, 0.5) is 10.8 Å². The number of fused-ring (bicyclic) bond motifs is 1. The van der Waals surface area contributed by atoms with Crippen LogP contribution in [-0.2, 0) is 4.79 Å². The summed E-state index contributed by atoms with van der Waals surface area (Å²) in [5.74, 6) is -0.697. The zero-order valence-corrected chi connectivity index (χ0v) is 16.1. The highest BCUT2D eigenvalue weighted by Crippen LogP contribution is 2.26. The van der Waals surface area contributed by atoms with Crippen LogP contribution in [0.2, 0.25) is 0 Å². The Kier molecular flexibility index (Phi) is 4.72. The van der Waals surface area contributed by atoms with Gasteiger partial charge >= 0.3 is 0 Å². The van der Waals surface area contributed by atoms with Crippen molar-refractivity contribution in [1.82, 2.24) is 14.4 Å². The Morgan fingerprint density at radius 3 is 2.64 bits per heavy atom. The maximum absolute atomic E-state index is 12.5. The molecule has 0 aliphatic carbocycles. The van der Waals surface area contributed by atoms with Crippen LogP contribution in [0.1, 0.15) is 17.3 Å². The van der Waals surface area contributed by atoms with Gasteiger partial charge in [0.2, 0.25) is 5.91 Å². The van der Waals surface area contributed by atoms with Crippen molar-refractivity contribution in [1.29, 1.82) is 0 Å². The molecule has 2 amide bonds. The molecule has 140 valence electrons. The molecule has 3 aromatic heterocycles. The van der Waals surface area contributed by atoms with E-state index in [1.807, 2.05) is 12.1 Å². The molecule has 0 radical (unpaired) electrons. The maximum atomic E-state index is 12.5. The van der Waals surface area contributed by atoms with E-state index in [9.17, 15) is 14.4 Å². The van der Waals surface area contributed by atoms with Crippen LogP contribution < -0.4 is 16.2 Å². The van der Waals surface area contributed by atoms with Crippen molar-refractivity contribution >= 4 is 50.3 Å². The number of carbonyl (C=O) groups excluding carboxylic acids is 2. The molecule has 0 unspecified atom stereocenters. The first-order chi connectivity index (χ1) is 13.5. The molecule has 0 saturated carbocycles. The average molecular weight is 411 g/mol. The minimum Gasteiger partial charge on any atom is -0.326 e. The third-order valence-electron chi connectivity index (χ3n) is 3.81. The lowest BCUT2D eigenvalue weighted by molar-refractivity contribution is -0.114. The second-order valence-electron chi connectivity index (χ2n) is 5.78. The number of carbonyl (C=O) groups is 2. The highest BCUT2D eigenvalue weighted by atomic mass is 32.1. The molecule has 0 aliphatic rings. The Morgan fingerprint density at radius 2 is 1.89 bits per heavy atom. The summed E-state index contributed by atoms with van der Waals surface area (Å²) in [6.45, 7) is 1.45. The van der Waals surface area contributed by atoms with Crippen molar-refractivity contribution in [3.63, 3.8) is 0 Å². The van der Waals surface area contributed by atoms with Crippen LogP contribution in [-0.4, -0.2) is 26.2 Å². The Morgan fingerprint density at radius 1 is 1.11 bits per heavy atom. The molecule has 8 nitrogen and oxygen atoms in total. The molecule has 0 saturated heterocycles. The van der Waals surface area contributed by atoms with Gasteiger partial charge in [0.05, 0.1) is 5.69 Å². The average Bonchev–Trinajstić information content (AvgIpc) is 3.32. The number of rotatable bonds is 4. The van der Waals surface area contributed by atoms with Gasteiger partial charge in [0, 0.05) is 41.3 Å². The largest absolute Gasteiger partial charge is 0.326 e. The fraction of sp³-hybridized carbons (Fsp3) is 0.0556. The van der Waals surface area contributed by atoms with Gasteiger partial charge in [0.1, 0.15) is 5.56 Å². The standard InChI is InChI=1S/C18H13N5O3S2/c1-10(24)20-12-4-2-11(3-5-12)14-9-28-17(21-14)22-15(25)13-8-19-18-23(16(13)26)6-7-27-18/h2-9H,1H3,(H,20,24)(H,21,22,25). The van der Waals surface area contributed by atoms with Gasteiger partial charge in [-0.2, -0.15) is 0 Å². The lowest BCUT2D eigenvalue weighted by Crippen LogP contribution is -2.25. The molecule has 1 aromatic carbocycles. The lowest BCUT2D eigenvalue weighted by Gasteiger charge is -2.03. The summed E-state index contributed by atoms with van der Waals surface area (Å²) in [4.78, 5) is 45.0. The molecule has 2 N–H and O–H groups in total. The Bertz CT molecular complexity index is 1240. The first-order valence-corrected chi connectivity index (χ1v) is 9.87. The predicted octanol–water partition coefficient (Wildman–Crippen LogP) is 3.09. The fourth-order valence-electron chi connectivity index (χ4n) is 2.54. The minimum atomic E-state index is -0.556. The maximum Gasteiger partial charge on any atom is 0.271 e. The molecule has 0 bridgehead atoms. The van der Waals surface area contributed by atoms with Gasteiger partial charge in [-0.1, -0.05) is 12.1 Å². The lowest BCUT2D eigenvalue weighted by atomic mass is 10.1. The van der Waals surface area contributed by atoms with Gasteiger partial charge in [-0.3, -0.25) is 24.1 Å². The summed E-state index contributed by atoms with van der Waals surface area (Å²) in [6, 6.07) is 7.20. The number of nitrogens with one attached hydrogen (secondary N) is 2. The number of thiazole rings is 2. The highest BCUT2D eigenvalue weighted by Gasteiger charge is 2.16. The molecule has 0 atom stereocenters. The summed E-state index contributed by atoms with van der Waals surface area (Å²) < 4.78 is 1.34. The molecular weight excluding hydrogens is 398 g/mol. The van der Waals surface area contributed by atoms with Crippen molar-refractivity contribution in [2.45, 2.75) is 6.92 Å². The second kappa shape index (κ2) is 7.33. The van der Waals surface area contributed by atoms with Crippen molar-refractivity contribution < 1.29 is 9.59 Å². The van der Waals surface area contributed by atoms with Crippen LogP contribution in [0, 0.1) is 0 Å². The van der Waals surface area contributed by atoms with Crippen molar-refractivity contribution in [3.8, 4) is 11.3 Å². The molecule has 3 heterocycles. The predicted molar refractivity (Wildman–Crippen MR) is 109 cm³/mol. The second-order valence-corrected chi connectivity index (χ2v) is 7.51. The van der Waals surface area contributed by atoms with Crippen molar-refractivity contribution in [2.75, 3.05) is 10.6 Å². The van der Waals surface area contributed by atoms with E-state index in [-0.39, 0.29) is 11.5 Å². The van der Waals surface area contributed by atoms with Crippen molar-refractivity contribution in [3.05, 3.63) is 63.3 Å². The molecule has 0 spiro atoms. The normalized spacial score (nSPS) is 10.8. The zero-order chi connectivity index (χ0) is 19.7. The van der Waals surface area contributed by atoms with Gasteiger partial charge in [-0.25, -0.2) is 9.97 Å². The van der Waals surface area contributed by atoms with Crippen LogP contribution in [0.5, 0.6) is 0 Å². The first kappa shape index (κ1) is 18.0. The van der Waals surface area contributed by atoms with E-state index in [0.29, 0.717) is 21.5 Å². The monoisotopic (exact) mass is 411 g/mol. The van der Waals surface area contributed by atoms with E-state index >= 15 is 0 Å². The first-order valence-electron chi connectivity index (χ1n) is 8.11. The third kappa shape index (κ3) is 3.55. The number of amides is 2. The number of benzene rings is 1. The van der Waals surface area contributed by atoms with Gasteiger partial charge < -0.3 is 5.32 Å². The van der Waals surface area contributed by atoms with Crippen LogP contribution >= 0.6 is 22.7 Å². The number of hydrogen-bond donors (Lipinski definition) is 2. The molecule has 0 aliphatic heterocycles. The van der Waals surface area contributed by atoms with E-state index in [0.717, 1.165) is 5.56 Å². The minimum absolute atomic E-state index is 0.0488. The van der Waals surface area contributed by atoms with Crippen molar-refractivity contribution in [2.24, 2.45) is 0 Å². The topological polar surface area (TPSA) is 105 Å². The quantitative estimate of drug-likeness (QED) is 0.537. The number of aromatic nitrogens is 3. The van der Waals surface area contributed by atoms with Gasteiger partial charge in [0.25, 0.3) is 11.5 Å². The van der Waals surface area contributed by atoms with E-state index in [2.05, 4.69) is 20.6 Å². The number of nitrogens with zero attached hydrogens (tertiary/aromatic N) is 3. The van der Waals surface area contributed by atoms with Crippen LogP contribution in [0.25, 0.3) is 16.2 Å². The number of anilines is 2.